The van der Waals surface area contributed by atoms with Gasteiger partial charge in [0.05, 0.1) is 6.20 Å². The summed E-state index contributed by atoms with van der Waals surface area (Å²) in [5, 5.41) is 10.6. The fourth-order valence-electron chi connectivity index (χ4n) is 3.66. The van der Waals surface area contributed by atoms with E-state index in [1.54, 1.807) is 22.8 Å². The van der Waals surface area contributed by atoms with Crippen LogP contribution in [0.3, 0.4) is 0 Å². The summed E-state index contributed by atoms with van der Waals surface area (Å²) in [5.74, 6) is 2.42. The molecule has 2 N–H and O–H groups in total. The molecule has 0 spiro atoms. The zero-order valence-corrected chi connectivity index (χ0v) is 18.8. The summed E-state index contributed by atoms with van der Waals surface area (Å²) < 4.78 is 12.5. The third-order valence-corrected chi connectivity index (χ3v) is 5.52. The van der Waals surface area contributed by atoms with Gasteiger partial charge in [0.1, 0.15) is 11.6 Å². The molecule has 1 aliphatic heterocycles. The second-order valence-electron chi connectivity index (χ2n) is 8.95. The molecule has 0 bridgehead atoms. The summed E-state index contributed by atoms with van der Waals surface area (Å²) in [4.78, 5) is 17.3. The van der Waals surface area contributed by atoms with E-state index in [-0.39, 0.29) is 18.1 Å². The fraction of sp³-hybridized carbons (Fsp3) is 0.240. The Hall–Kier alpha value is -4.07. The zero-order chi connectivity index (χ0) is 23.0. The molecule has 2 aromatic carbocycles. The molecule has 0 unspecified atom stereocenters. The van der Waals surface area contributed by atoms with E-state index in [1.807, 2.05) is 42.5 Å². The Labute approximate surface area is 191 Å². The molecule has 3 heterocycles. The Morgan fingerprint density at radius 3 is 2.61 bits per heavy atom. The summed E-state index contributed by atoms with van der Waals surface area (Å²) in [7, 11) is 0. The van der Waals surface area contributed by atoms with Crippen LogP contribution in [0.15, 0.2) is 60.8 Å². The largest absolute Gasteiger partial charge is 0.454 e. The monoisotopic (exact) mass is 443 g/mol. The smallest absolute Gasteiger partial charge is 0.256 e. The van der Waals surface area contributed by atoms with E-state index in [9.17, 15) is 4.79 Å². The molecule has 0 saturated carbocycles. The molecule has 33 heavy (non-hydrogen) atoms. The van der Waals surface area contributed by atoms with E-state index >= 15 is 0 Å². The minimum Gasteiger partial charge on any atom is -0.454 e. The predicted molar refractivity (Wildman–Crippen MR) is 126 cm³/mol. The maximum Gasteiger partial charge on any atom is 0.256 e. The molecule has 5 rings (SSSR count). The van der Waals surface area contributed by atoms with Crippen LogP contribution in [0, 0.1) is 0 Å². The Bertz CT molecular complexity index is 1320. The number of benzene rings is 2. The highest BCUT2D eigenvalue weighted by molar-refractivity contribution is 6.04. The van der Waals surface area contributed by atoms with E-state index in [2.05, 4.69) is 41.5 Å². The highest BCUT2D eigenvalue weighted by atomic mass is 16.7. The van der Waals surface area contributed by atoms with E-state index < -0.39 is 0 Å². The van der Waals surface area contributed by atoms with E-state index in [0.29, 0.717) is 29.4 Å². The van der Waals surface area contributed by atoms with Crippen molar-refractivity contribution in [3.63, 3.8) is 0 Å². The van der Waals surface area contributed by atoms with Gasteiger partial charge in [0.15, 0.2) is 17.1 Å². The van der Waals surface area contributed by atoms with Crippen LogP contribution in [-0.4, -0.2) is 27.3 Å². The van der Waals surface area contributed by atoms with Crippen LogP contribution < -0.4 is 20.1 Å². The molecule has 0 saturated heterocycles. The highest BCUT2D eigenvalue weighted by Gasteiger charge is 2.16. The molecule has 0 aliphatic carbocycles. The Morgan fingerprint density at radius 1 is 1.03 bits per heavy atom. The number of carbonyl (C=O) groups is 1. The normalized spacial score (nSPS) is 12.7. The molecule has 2 aromatic heterocycles. The van der Waals surface area contributed by atoms with Crippen LogP contribution in [0.25, 0.3) is 5.65 Å². The minimum absolute atomic E-state index is 0.0299. The molecule has 0 radical (unpaired) electrons. The molecule has 0 fully saturated rings. The van der Waals surface area contributed by atoms with Gasteiger partial charge in [0, 0.05) is 24.2 Å². The number of rotatable bonds is 5. The van der Waals surface area contributed by atoms with Crippen molar-refractivity contribution in [2.45, 2.75) is 32.7 Å². The molecule has 8 heteroatoms. The minimum atomic E-state index is -0.214. The van der Waals surface area contributed by atoms with Gasteiger partial charge in [-0.1, -0.05) is 39.0 Å². The van der Waals surface area contributed by atoms with Crippen LogP contribution >= 0.6 is 0 Å². The average molecular weight is 444 g/mol. The van der Waals surface area contributed by atoms with E-state index in [1.165, 1.54) is 5.56 Å². The molecule has 4 aromatic rings. The Morgan fingerprint density at radius 2 is 1.82 bits per heavy atom. The number of carbonyl (C=O) groups excluding carboxylic acids is 1. The van der Waals surface area contributed by atoms with Gasteiger partial charge in [-0.3, -0.25) is 4.79 Å². The van der Waals surface area contributed by atoms with Crippen molar-refractivity contribution in [1.82, 2.24) is 14.6 Å². The molecule has 1 aliphatic rings. The summed E-state index contributed by atoms with van der Waals surface area (Å²) in [6, 6.07) is 17.0. The molecule has 8 nitrogen and oxygen atoms in total. The summed E-state index contributed by atoms with van der Waals surface area (Å²) in [6.45, 7) is 7.21. The van der Waals surface area contributed by atoms with Gasteiger partial charge in [0.2, 0.25) is 6.79 Å². The number of hydrogen-bond acceptors (Lipinski definition) is 6. The number of anilines is 2. The van der Waals surface area contributed by atoms with Crippen molar-refractivity contribution in [1.29, 1.82) is 0 Å². The lowest BCUT2D eigenvalue weighted by atomic mass is 9.87. The molecule has 1 amide bonds. The Balaban J connectivity index is 1.34. The SMILES string of the molecule is CC(C)(C)c1ccc(C(=O)Nc2cc(NCc3ccc4c(c3)OCO4)n3nccc3n2)cc1. The molecular formula is C25H25N5O3. The van der Waals surface area contributed by atoms with Crippen molar-refractivity contribution in [3.8, 4) is 11.5 Å². The van der Waals surface area contributed by atoms with Crippen LogP contribution in [0.1, 0.15) is 42.3 Å². The van der Waals surface area contributed by atoms with Crippen molar-refractivity contribution in [3.05, 3.63) is 77.5 Å². The lowest BCUT2D eigenvalue weighted by molar-refractivity contribution is 0.102. The molecular weight excluding hydrogens is 418 g/mol. The first kappa shape index (κ1) is 20.8. The second-order valence-corrected chi connectivity index (χ2v) is 8.95. The first-order chi connectivity index (χ1) is 15.9. The van der Waals surface area contributed by atoms with Crippen LogP contribution in [-0.2, 0) is 12.0 Å². The van der Waals surface area contributed by atoms with Crippen molar-refractivity contribution in [2.75, 3.05) is 17.4 Å². The van der Waals surface area contributed by atoms with Crippen molar-refractivity contribution < 1.29 is 14.3 Å². The topological polar surface area (TPSA) is 89.8 Å². The van der Waals surface area contributed by atoms with E-state index in [0.717, 1.165) is 17.1 Å². The standard InChI is InChI=1S/C25H25N5O3/c1-25(2,3)18-7-5-17(6-8-18)24(31)29-21-13-23(30-22(28-21)10-11-27-30)26-14-16-4-9-19-20(12-16)33-15-32-19/h4-13,26H,14-15H2,1-3H3,(H,28,29,31). The zero-order valence-electron chi connectivity index (χ0n) is 18.8. The van der Waals surface area contributed by atoms with Gasteiger partial charge in [-0.2, -0.15) is 9.61 Å². The number of ether oxygens (including phenoxy) is 2. The van der Waals surface area contributed by atoms with Crippen LogP contribution in [0.4, 0.5) is 11.6 Å². The fourth-order valence-corrected chi connectivity index (χ4v) is 3.66. The third kappa shape index (κ3) is 4.32. The van der Waals surface area contributed by atoms with Gasteiger partial charge in [-0.15, -0.1) is 0 Å². The number of aromatic nitrogens is 3. The Kier molecular flexibility index (Phi) is 5.12. The number of nitrogens with one attached hydrogen (secondary N) is 2. The van der Waals surface area contributed by atoms with Gasteiger partial charge >= 0.3 is 0 Å². The number of nitrogens with zero attached hydrogens (tertiary/aromatic N) is 3. The van der Waals surface area contributed by atoms with Gasteiger partial charge in [0.25, 0.3) is 5.91 Å². The first-order valence-electron chi connectivity index (χ1n) is 10.8. The summed E-state index contributed by atoms with van der Waals surface area (Å²) >= 11 is 0. The van der Waals surface area contributed by atoms with Gasteiger partial charge in [-0.25, -0.2) is 4.98 Å². The quantitative estimate of drug-likeness (QED) is 0.468. The molecule has 168 valence electrons. The van der Waals surface area contributed by atoms with E-state index in [4.69, 9.17) is 9.47 Å². The van der Waals surface area contributed by atoms with Gasteiger partial charge in [-0.05, 0) is 40.8 Å². The lowest BCUT2D eigenvalue weighted by Crippen LogP contribution is -2.16. The molecule has 0 atom stereocenters. The highest BCUT2D eigenvalue weighted by Crippen LogP contribution is 2.32. The van der Waals surface area contributed by atoms with Gasteiger partial charge < -0.3 is 20.1 Å². The summed E-state index contributed by atoms with van der Waals surface area (Å²) in [6.07, 6.45) is 1.67. The maximum absolute atomic E-state index is 12.8. The maximum atomic E-state index is 12.8. The average Bonchev–Trinajstić information content (AvgIpc) is 3.46. The van der Waals surface area contributed by atoms with Crippen molar-refractivity contribution in [2.24, 2.45) is 0 Å². The van der Waals surface area contributed by atoms with Crippen LogP contribution in [0.5, 0.6) is 11.5 Å². The third-order valence-electron chi connectivity index (χ3n) is 5.52. The summed E-state index contributed by atoms with van der Waals surface area (Å²) in [5.41, 5.74) is 3.44. The first-order valence-corrected chi connectivity index (χ1v) is 10.8. The lowest BCUT2D eigenvalue weighted by Gasteiger charge is -2.19. The number of hydrogen-bond donors (Lipinski definition) is 2. The van der Waals surface area contributed by atoms with Crippen molar-refractivity contribution >= 4 is 23.2 Å². The predicted octanol–water partition coefficient (Wildman–Crippen LogP) is 4.62. The number of fused-ring (bicyclic) bond motifs is 2. The number of amides is 1. The van der Waals surface area contributed by atoms with Crippen LogP contribution in [0.2, 0.25) is 0 Å². The second kappa shape index (κ2) is 8.12.